The van der Waals surface area contributed by atoms with Crippen LogP contribution in [0.3, 0.4) is 0 Å². The summed E-state index contributed by atoms with van der Waals surface area (Å²) in [5.41, 5.74) is 2.49. The van der Waals surface area contributed by atoms with E-state index in [0.29, 0.717) is 24.2 Å². The smallest absolute Gasteiger partial charge is 0.406 e. The van der Waals surface area contributed by atoms with Crippen molar-refractivity contribution in [3.63, 3.8) is 0 Å². The van der Waals surface area contributed by atoms with E-state index in [9.17, 15) is 18.0 Å². The second kappa shape index (κ2) is 8.16. The van der Waals surface area contributed by atoms with Gasteiger partial charge in [-0.2, -0.15) is 0 Å². The van der Waals surface area contributed by atoms with Crippen molar-refractivity contribution in [3.8, 4) is 5.75 Å². The van der Waals surface area contributed by atoms with Crippen LogP contribution in [-0.2, 0) is 12.8 Å². The van der Waals surface area contributed by atoms with Crippen LogP contribution in [0.5, 0.6) is 5.75 Å². The largest absolute Gasteiger partial charge is 0.573 e. The van der Waals surface area contributed by atoms with Gasteiger partial charge in [-0.15, -0.1) is 13.2 Å². The molecule has 3 rings (SSSR count). The maximum atomic E-state index is 12.6. The number of amides is 1. The van der Waals surface area contributed by atoms with Gasteiger partial charge in [-0.25, -0.2) is 4.98 Å². The summed E-state index contributed by atoms with van der Waals surface area (Å²) < 4.78 is 41.8. The Kier molecular flexibility index (Phi) is 5.86. The van der Waals surface area contributed by atoms with Gasteiger partial charge in [0.1, 0.15) is 11.4 Å². The minimum atomic E-state index is -4.73. The molecule has 0 N–H and O–H groups in total. The molecule has 0 radical (unpaired) electrons. The lowest BCUT2D eigenvalue weighted by Gasteiger charge is -2.30. The van der Waals surface area contributed by atoms with Gasteiger partial charge in [0.05, 0.1) is 11.9 Å². The van der Waals surface area contributed by atoms with Crippen molar-refractivity contribution in [2.24, 2.45) is 0 Å². The zero-order valence-electron chi connectivity index (χ0n) is 15.8. The molecule has 2 aromatic rings. The zero-order valence-corrected chi connectivity index (χ0v) is 15.8. The first-order chi connectivity index (χ1) is 13.2. The topological polar surface area (TPSA) is 55.3 Å². The van der Waals surface area contributed by atoms with Gasteiger partial charge in [-0.3, -0.25) is 9.78 Å². The first-order valence-electron chi connectivity index (χ1n) is 9.21. The quantitative estimate of drug-likeness (QED) is 0.741. The van der Waals surface area contributed by atoms with E-state index in [2.05, 4.69) is 14.7 Å². The number of nitrogens with zero attached hydrogens (tertiary/aromatic N) is 3. The van der Waals surface area contributed by atoms with Crippen molar-refractivity contribution >= 4 is 5.91 Å². The van der Waals surface area contributed by atoms with E-state index in [0.717, 1.165) is 30.6 Å². The second-order valence-corrected chi connectivity index (χ2v) is 7.15. The molecule has 0 saturated carbocycles. The van der Waals surface area contributed by atoms with Crippen LogP contribution in [0.2, 0.25) is 0 Å². The SMILES string of the molecule is CC(C)c1cc(CCc2cnc(C(=O)N3CCC3)cn2)cc(OC(F)(F)F)c1. The Balaban J connectivity index is 1.68. The molecule has 1 saturated heterocycles. The third-order valence-electron chi connectivity index (χ3n) is 4.63. The van der Waals surface area contributed by atoms with E-state index in [1.54, 1.807) is 11.1 Å². The number of ether oxygens (including phenoxy) is 1. The van der Waals surface area contributed by atoms with Crippen LogP contribution in [0, 0.1) is 0 Å². The van der Waals surface area contributed by atoms with Crippen LogP contribution in [0.1, 0.15) is 53.5 Å². The molecule has 5 nitrogen and oxygen atoms in total. The highest BCUT2D eigenvalue weighted by Crippen LogP contribution is 2.28. The lowest BCUT2D eigenvalue weighted by Crippen LogP contribution is -2.42. The Morgan fingerprint density at radius 3 is 2.43 bits per heavy atom. The molecule has 1 amide bonds. The number of halogens is 3. The monoisotopic (exact) mass is 393 g/mol. The predicted molar refractivity (Wildman–Crippen MR) is 97.2 cm³/mol. The first kappa shape index (κ1) is 20.1. The van der Waals surface area contributed by atoms with Gasteiger partial charge in [0.25, 0.3) is 5.91 Å². The van der Waals surface area contributed by atoms with Crippen LogP contribution in [0.15, 0.2) is 30.6 Å². The number of carbonyl (C=O) groups excluding carboxylic acids is 1. The van der Waals surface area contributed by atoms with Crippen molar-refractivity contribution in [2.75, 3.05) is 13.1 Å². The molecule has 0 bridgehead atoms. The van der Waals surface area contributed by atoms with Crippen LogP contribution >= 0.6 is 0 Å². The van der Waals surface area contributed by atoms with Gasteiger partial charge in [0.15, 0.2) is 0 Å². The molecule has 8 heteroatoms. The summed E-state index contributed by atoms with van der Waals surface area (Å²) in [4.78, 5) is 22.3. The molecule has 150 valence electrons. The number of likely N-dealkylation sites (tertiary alicyclic amines) is 1. The van der Waals surface area contributed by atoms with Crippen molar-refractivity contribution in [1.82, 2.24) is 14.9 Å². The third kappa shape index (κ3) is 5.21. The van der Waals surface area contributed by atoms with Gasteiger partial charge >= 0.3 is 6.36 Å². The molecule has 1 fully saturated rings. The fourth-order valence-electron chi connectivity index (χ4n) is 2.90. The normalized spacial score (nSPS) is 14.1. The van der Waals surface area contributed by atoms with Crippen LogP contribution in [-0.4, -0.2) is 40.2 Å². The van der Waals surface area contributed by atoms with Crippen molar-refractivity contribution in [2.45, 2.75) is 45.4 Å². The zero-order chi connectivity index (χ0) is 20.3. The van der Waals surface area contributed by atoms with Gasteiger partial charge in [0, 0.05) is 19.3 Å². The summed E-state index contributed by atoms with van der Waals surface area (Å²) in [6.45, 7) is 5.32. The van der Waals surface area contributed by atoms with E-state index in [-0.39, 0.29) is 17.6 Å². The Morgan fingerprint density at radius 1 is 1.14 bits per heavy atom. The molecule has 1 aromatic carbocycles. The number of rotatable bonds is 6. The van der Waals surface area contributed by atoms with E-state index in [4.69, 9.17) is 0 Å². The van der Waals surface area contributed by atoms with Gasteiger partial charge in [-0.05, 0) is 48.4 Å². The van der Waals surface area contributed by atoms with Crippen LogP contribution < -0.4 is 4.74 Å². The van der Waals surface area contributed by atoms with Crippen molar-refractivity contribution < 1.29 is 22.7 Å². The summed E-state index contributed by atoms with van der Waals surface area (Å²) in [5, 5.41) is 0. The summed E-state index contributed by atoms with van der Waals surface area (Å²) in [7, 11) is 0. The lowest BCUT2D eigenvalue weighted by molar-refractivity contribution is -0.274. The fourth-order valence-corrected chi connectivity index (χ4v) is 2.90. The van der Waals surface area contributed by atoms with Gasteiger partial charge < -0.3 is 9.64 Å². The molecular weight excluding hydrogens is 371 g/mol. The molecule has 0 unspecified atom stereocenters. The number of hydrogen-bond acceptors (Lipinski definition) is 4. The molecule has 1 aliphatic rings. The molecule has 2 heterocycles. The maximum absolute atomic E-state index is 12.6. The number of aromatic nitrogens is 2. The summed E-state index contributed by atoms with van der Waals surface area (Å²) in [6.07, 6.45) is 0.274. The molecular formula is C20H22F3N3O2. The third-order valence-corrected chi connectivity index (χ3v) is 4.63. The molecule has 0 spiro atoms. The number of benzene rings is 1. The van der Waals surface area contributed by atoms with E-state index >= 15 is 0 Å². The first-order valence-corrected chi connectivity index (χ1v) is 9.21. The fraction of sp³-hybridized carbons (Fsp3) is 0.450. The molecule has 1 aliphatic heterocycles. The van der Waals surface area contributed by atoms with Crippen molar-refractivity contribution in [1.29, 1.82) is 0 Å². The predicted octanol–water partition coefficient (Wildman–Crippen LogP) is 4.13. The van der Waals surface area contributed by atoms with Crippen LogP contribution in [0.25, 0.3) is 0 Å². The number of alkyl halides is 3. The Bertz CT molecular complexity index is 832. The lowest BCUT2D eigenvalue weighted by atomic mass is 9.98. The molecule has 0 atom stereocenters. The van der Waals surface area contributed by atoms with E-state index < -0.39 is 6.36 Å². The highest BCUT2D eigenvalue weighted by molar-refractivity contribution is 5.92. The van der Waals surface area contributed by atoms with E-state index in [1.165, 1.54) is 18.3 Å². The highest BCUT2D eigenvalue weighted by atomic mass is 19.4. The maximum Gasteiger partial charge on any atom is 0.573 e. The summed E-state index contributed by atoms with van der Waals surface area (Å²) in [5.74, 6) is -0.263. The van der Waals surface area contributed by atoms with Crippen molar-refractivity contribution in [3.05, 3.63) is 53.1 Å². The minimum absolute atomic E-state index is 0.0714. The Hall–Kier alpha value is -2.64. The Labute approximate surface area is 161 Å². The van der Waals surface area contributed by atoms with Gasteiger partial charge in [-0.1, -0.05) is 19.9 Å². The molecule has 1 aromatic heterocycles. The van der Waals surface area contributed by atoms with Gasteiger partial charge in [0.2, 0.25) is 0 Å². The summed E-state index contributed by atoms with van der Waals surface area (Å²) >= 11 is 0. The molecule has 0 aliphatic carbocycles. The molecule has 28 heavy (non-hydrogen) atoms. The minimum Gasteiger partial charge on any atom is -0.406 e. The standard InChI is InChI=1S/C20H22F3N3O2/c1-13(2)15-8-14(9-17(10-15)28-20(21,22)23)4-5-16-11-25-18(12-24-16)19(27)26-6-3-7-26/h8-13H,3-7H2,1-2H3. The number of aryl methyl sites for hydroxylation is 2. The highest BCUT2D eigenvalue weighted by Gasteiger charge is 2.31. The average molecular weight is 393 g/mol. The summed E-state index contributed by atoms with van der Waals surface area (Å²) in [6, 6.07) is 4.69. The number of hydrogen-bond donors (Lipinski definition) is 0. The average Bonchev–Trinajstić information content (AvgIpc) is 2.57. The number of carbonyl (C=O) groups is 1. The van der Waals surface area contributed by atoms with Crippen LogP contribution in [0.4, 0.5) is 13.2 Å². The Morgan fingerprint density at radius 2 is 1.89 bits per heavy atom. The second-order valence-electron chi connectivity index (χ2n) is 7.15. The van der Waals surface area contributed by atoms with E-state index in [1.807, 2.05) is 19.9 Å².